The van der Waals surface area contributed by atoms with Crippen LogP contribution in [0.3, 0.4) is 0 Å². The van der Waals surface area contributed by atoms with E-state index < -0.39 is 11.6 Å². The minimum Gasteiger partial charge on any atom is -0.355 e. The van der Waals surface area contributed by atoms with Gasteiger partial charge in [-0.3, -0.25) is 0 Å². The SMILES string of the molecule is CN1CCN(CC2CCN(c3nccc4c3nc(-c3cc(F)cc(F)c3)n4C)CC2)CC1. The van der Waals surface area contributed by atoms with Crippen molar-refractivity contribution in [3.05, 3.63) is 42.1 Å². The van der Waals surface area contributed by atoms with Gasteiger partial charge in [-0.05, 0) is 44.0 Å². The van der Waals surface area contributed by atoms with E-state index in [2.05, 4.69) is 26.7 Å². The van der Waals surface area contributed by atoms with Crippen molar-refractivity contribution < 1.29 is 8.78 Å². The Balaban J connectivity index is 1.34. The summed E-state index contributed by atoms with van der Waals surface area (Å²) in [5.41, 5.74) is 2.12. The third-order valence-electron chi connectivity index (χ3n) is 6.93. The molecular weight excluding hydrogens is 410 g/mol. The number of halogens is 2. The fraction of sp³-hybridized carbons (Fsp3) is 0.500. The topological polar surface area (TPSA) is 40.4 Å². The van der Waals surface area contributed by atoms with E-state index in [1.807, 2.05) is 17.7 Å². The lowest BCUT2D eigenvalue weighted by Gasteiger charge is -2.38. The van der Waals surface area contributed by atoms with Gasteiger partial charge in [0.2, 0.25) is 0 Å². The van der Waals surface area contributed by atoms with E-state index in [4.69, 9.17) is 4.98 Å². The Morgan fingerprint density at radius 2 is 1.62 bits per heavy atom. The number of pyridine rings is 1. The van der Waals surface area contributed by atoms with Crippen molar-refractivity contribution in [1.82, 2.24) is 24.3 Å². The molecule has 5 rings (SSSR count). The maximum Gasteiger partial charge on any atom is 0.156 e. The quantitative estimate of drug-likeness (QED) is 0.622. The van der Waals surface area contributed by atoms with E-state index >= 15 is 0 Å². The molecule has 0 N–H and O–H groups in total. The first-order chi connectivity index (χ1) is 15.5. The molecule has 2 aliphatic heterocycles. The molecule has 2 aromatic heterocycles. The summed E-state index contributed by atoms with van der Waals surface area (Å²) in [4.78, 5) is 16.7. The molecule has 170 valence electrons. The normalized spacial score (nSPS) is 19.2. The number of imidazole rings is 1. The summed E-state index contributed by atoms with van der Waals surface area (Å²) in [6.07, 6.45) is 4.07. The van der Waals surface area contributed by atoms with Gasteiger partial charge in [-0.25, -0.2) is 18.7 Å². The molecule has 4 heterocycles. The first-order valence-electron chi connectivity index (χ1n) is 11.4. The number of likely N-dealkylation sites (N-methyl/N-ethyl adjacent to an activating group) is 1. The number of aromatic nitrogens is 3. The third kappa shape index (κ3) is 4.21. The van der Waals surface area contributed by atoms with Gasteiger partial charge in [0.15, 0.2) is 5.82 Å². The fourth-order valence-corrected chi connectivity index (χ4v) is 5.00. The summed E-state index contributed by atoms with van der Waals surface area (Å²) in [5, 5.41) is 0. The molecule has 6 nitrogen and oxygen atoms in total. The Morgan fingerprint density at radius 1 is 0.938 bits per heavy atom. The van der Waals surface area contributed by atoms with Gasteiger partial charge in [-0.2, -0.15) is 0 Å². The summed E-state index contributed by atoms with van der Waals surface area (Å²) < 4.78 is 29.5. The van der Waals surface area contributed by atoms with E-state index in [9.17, 15) is 8.78 Å². The molecule has 2 aliphatic rings. The van der Waals surface area contributed by atoms with Gasteiger partial charge in [0.1, 0.15) is 23.0 Å². The van der Waals surface area contributed by atoms with Gasteiger partial charge in [0.05, 0.1) is 5.52 Å². The lowest BCUT2D eigenvalue weighted by Crippen LogP contribution is -2.47. The zero-order valence-electron chi connectivity index (χ0n) is 18.8. The first kappa shape index (κ1) is 21.3. The van der Waals surface area contributed by atoms with Crippen molar-refractivity contribution in [3.8, 4) is 11.4 Å². The number of piperidine rings is 1. The Hall–Kier alpha value is -2.58. The van der Waals surface area contributed by atoms with Gasteiger partial charge in [-0.1, -0.05) is 0 Å². The van der Waals surface area contributed by atoms with Crippen LogP contribution in [0.2, 0.25) is 0 Å². The molecule has 0 unspecified atom stereocenters. The van der Waals surface area contributed by atoms with Crippen LogP contribution >= 0.6 is 0 Å². The van der Waals surface area contributed by atoms with Crippen molar-refractivity contribution in [1.29, 1.82) is 0 Å². The van der Waals surface area contributed by atoms with Gasteiger partial charge in [0, 0.05) is 70.7 Å². The van der Waals surface area contributed by atoms with E-state index in [0.29, 0.717) is 17.3 Å². The van der Waals surface area contributed by atoms with Crippen LogP contribution in [0.1, 0.15) is 12.8 Å². The van der Waals surface area contributed by atoms with Crippen molar-refractivity contribution in [2.75, 3.05) is 57.8 Å². The summed E-state index contributed by atoms with van der Waals surface area (Å²) in [5.74, 6) is 0.904. The predicted octanol–water partition coefficient (Wildman–Crippen LogP) is 3.38. The first-order valence-corrected chi connectivity index (χ1v) is 11.4. The molecule has 0 aliphatic carbocycles. The number of piperazine rings is 1. The fourth-order valence-electron chi connectivity index (χ4n) is 5.00. The highest BCUT2D eigenvalue weighted by Crippen LogP contribution is 2.31. The van der Waals surface area contributed by atoms with Crippen molar-refractivity contribution >= 4 is 16.9 Å². The number of fused-ring (bicyclic) bond motifs is 1. The van der Waals surface area contributed by atoms with Crippen LogP contribution in [0.4, 0.5) is 14.6 Å². The molecule has 3 aromatic rings. The predicted molar refractivity (Wildman–Crippen MR) is 123 cm³/mol. The number of anilines is 1. The van der Waals surface area contributed by atoms with Crippen LogP contribution in [0, 0.1) is 17.6 Å². The summed E-state index contributed by atoms with van der Waals surface area (Å²) in [6, 6.07) is 5.43. The molecule has 0 bridgehead atoms. The summed E-state index contributed by atoms with van der Waals surface area (Å²) in [7, 11) is 4.07. The molecule has 32 heavy (non-hydrogen) atoms. The summed E-state index contributed by atoms with van der Waals surface area (Å²) in [6.45, 7) is 7.71. The highest BCUT2D eigenvalue weighted by Gasteiger charge is 2.26. The van der Waals surface area contributed by atoms with Gasteiger partial charge in [-0.15, -0.1) is 0 Å². The van der Waals surface area contributed by atoms with Crippen LogP contribution in [-0.4, -0.2) is 77.2 Å². The van der Waals surface area contributed by atoms with Gasteiger partial charge in [0.25, 0.3) is 0 Å². The van der Waals surface area contributed by atoms with E-state index in [1.54, 1.807) is 6.20 Å². The Kier molecular flexibility index (Phi) is 5.82. The maximum absolute atomic E-state index is 13.8. The van der Waals surface area contributed by atoms with Crippen molar-refractivity contribution in [2.24, 2.45) is 13.0 Å². The Morgan fingerprint density at radius 3 is 2.31 bits per heavy atom. The molecule has 0 saturated carbocycles. The molecule has 8 heteroatoms. The number of hydrogen-bond donors (Lipinski definition) is 0. The molecule has 1 aromatic carbocycles. The lowest BCUT2D eigenvalue weighted by atomic mass is 9.96. The van der Waals surface area contributed by atoms with Crippen molar-refractivity contribution in [2.45, 2.75) is 12.8 Å². The molecule has 0 amide bonds. The summed E-state index contributed by atoms with van der Waals surface area (Å²) >= 11 is 0. The second-order valence-corrected chi connectivity index (χ2v) is 9.19. The smallest absolute Gasteiger partial charge is 0.156 e. The second-order valence-electron chi connectivity index (χ2n) is 9.19. The average Bonchev–Trinajstić information content (AvgIpc) is 3.12. The number of nitrogens with zero attached hydrogens (tertiary/aromatic N) is 6. The monoisotopic (exact) mass is 440 g/mol. The van der Waals surface area contributed by atoms with Crippen LogP contribution in [-0.2, 0) is 7.05 Å². The van der Waals surface area contributed by atoms with E-state index in [0.717, 1.165) is 75.0 Å². The zero-order valence-corrected chi connectivity index (χ0v) is 18.8. The number of hydrogen-bond acceptors (Lipinski definition) is 5. The molecular formula is C24H30F2N6. The van der Waals surface area contributed by atoms with Gasteiger partial charge >= 0.3 is 0 Å². The van der Waals surface area contributed by atoms with Crippen LogP contribution in [0.5, 0.6) is 0 Å². The Labute approximate surface area is 187 Å². The average molecular weight is 441 g/mol. The number of aryl methyl sites for hydroxylation is 1. The second kappa shape index (κ2) is 8.75. The molecule has 0 atom stereocenters. The number of benzene rings is 1. The standard InChI is InChI=1S/C24H30F2N6/c1-29-9-11-31(12-10-29)16-17-4-7-32(8-5-17)24-22-21(3-6-27-24)30(2)23(28-22)18-13-19(25)15-20(26)14-18/h3,6,13-15,17H,4-5,7-12,16H2,1-2H3. The lowest BCUT2D eigenvalue weighted by molar-refractivity contribution is 0.129. The molecule has 2 saturated heterocycles. The molecule has 0 radical (unpaired) electrons. The van der Waals surface area contributed by atoms with Crippen molar-refractivity contribution in [3.63, 3.8) is 0 Å². The number of rotatable bonds is 4. The highest BCUT2D eigenvalue weighted by atomic mass is 19.1. The van der Waals surface area contributed by atoms with E-state index in [-0.39, 0.29) is 0 Å². The van der Waals surface area contributed by atoms with Crippen LogP contribution < -0.4 is 4.90 Å². The minimum atomic E-state index is -0.604. The van der Waals surface area contributed by atoms with Gasteiger partial charge < -0.3 is 19.3 Å². The zero-order chi connectivity index (χ0) is 22.2. The van der Waals surface area contributed by atoms with Crippen LogP contribution in [0.15, 0.2) is 30.5 Å². The molecule has 0 spiro atoms. The maximum atomic E-state index is 13.8. The minimum absolute atomic E-state index is 0.429. The Bertz CT molecular complexity index is 1080. The largest absolute Gasteiger partial charge is 0.355 e. The van der Waals surface area contributed by atoms with E-state index in [1.165, 1.54) is 18.7 Å². The highest BCUT2D eigenvalue weighted by molar-refractivity contribution is 5.89. The molecule has 2 fully saturated rings. The third-order valence-corrected chi connectivity index (χ3v) is 6.93. The van der Waals surface area contributed by atoms with Crippen LogP contribution in [0.25, 0.3) is 22.4 Å².